The molecular weight excluding hydrogens is 288 g/mol. The molecule has 0 radical (unpaired) electrons. The monoisotopic (exact) mass is 308 g/mol. The Morgan fingerprint density at radius 3 is 2.45 bits per heavy atom. The Labute approximate surface area is 128 Å². The van der Waals surface area contributed by atoms with E-state index < -0.39 is 30.6 Å². The minimum atomic E-state index is -0.696. The van der Waals surface area contributed by atoms with Gasteiger partial charge in [0.2, 0.25) is 0 Å². The van der Waals surface area contributed by atoms with E-state index in [1.54, 1.807) is 0 Å². The molecule has 6 atom stereocenters. The van der Waals surface area contributed by atoms with E-state index in [0.717, 1.165) is 5.56 Å². The van der Waals surface area contributed by atoms with Crippen molar-refractivity contribution in [2.24, 2.45) is 0 Å². The highest BCUT2D eigenvalue weighted by Crippen LogP contribution is 2.44. The van der Waals surface area contributed by atoms with E-state index in [1.165, 1.54) is 0 Å². The Bertz CT molecular complexity index is 533. The molecule has 3 aliphatic heterocycles. The molecule has 4 rings (SSSR count). The maximum atomic E-state index is 9.63. The normalized spacial score (nSPS) is 42.9. The largest absolute Gasteiger partial charge is 0.394 e. The first kappa shape index (κ1) is 14.6. The lowest BCUT2D eigenvalue weighted by Crippen LogP contribution is -2.50. The second-order valence-corrected chi connectivity index (χ2v) is 6.27. The summed E-state index contributed by atoms with van der Waals surface area (Å²) in [6.45, 7) is 3.55. The maximum absolute atomic E-state index is 9.63. The van der Waals surface area contributed by atoms with Crippen LogP contribution in [0.4, 0.5) is 0 Å². The molecule has 0 aliphatic carbocycles. The van der Waals surface area contributed by atoms with Crippen molar-refractivity contribution in [3.8, 4) is 0 Å². The van der Waals surface area contributed by atoms with E-state index >= 15 is 0 Å². The van der Waals surface area contributed by atoms with Gasteiger partial charge in [-0.2, -0.15) is 0 Å². The van der Waals surface area contributed by atoms with Gasteiger partial charge < -0.3 is 28.8 Å². The minimum absolute atomic E-state index is 0.142. The Kier molecular flexibility index (Phi) is 3.48. The molecular formula is C16H20O6. The SMILES string of the molecule is CC1(C)O[C@H]2O[C@@H]3[C@H](O[C@@H](c4ccccc4)O[C@@H]3CO)[C@H]2O1. The second kappa shape index (κ2) is 5.26. The summed E-state index contributed by atoms with van der Waals surface area (Å²) < 4.78 is 29.4. The smallest absolute Gasteiger partial charge is 0.190 e. The van der Waals surface area contributed by atoms with Crippen LogP contribution in [0.25, 0.3) is 0 Å². The Morgan fingerprint density at radius 1 is 0.955 bits per heavy atom. The molecule has 6 heteroatoms. The highest BCUT2D eigenvalue weighted by atomic mass is 16.9. The van der Waals surface area contributed by atoms with Crippen LogP contribution in [-0.4, -0.2) is 48.2 Å². The third kappa shape index (κ3) is 2.36. The molecule has 0 unspecified atom stereocenters. The molecule has 1 N–H and O–H groups in total. The zero-order valence-electron chi connectivity index (χ0n) is 12.5. The van der Waals surface area contributed by atoms with Crippen molar-refractivity contribution in [1.82, 2.24) is 0 Å². The van der Waals surface area contributed by atoms with Crippen molar-refractivity contribution in [1.29, 1.82) is 0 Å². The summed E-state index contributed by atoms with van der Waals surface area (Å²) in [6, 6.07) is 9.65. The summed E-state index contributed by atoms with van der Waals surface area (Å²) in [5, 5.41) is 9.63. The Hall–Kier alpha value is -1.02. The fourth-order valence-electron chi connectivity index (χ4n) is 3.28. The summed E-state index contributed by atoms with van der Waals surface area (Å²) >= 11 is 0. The molecule has 0 spiro atoms. The minimum Gasteiger partial charge on any atom is -0.394 e. The van der Waals surface area contributed by atoms with Crippen LogP contribution >= 0.6 is 0 Å². The van der Waals surface area contributed by atoms with Gasteiger partial charge in [0.15, 0.2) is 18.4 Å². The molecule has 3 saturated heterocycles. The molecule has 0 saturated carbocycles. The third-order valence-corrected chi connectivity index (χ3v) is 4.22. The fraction of sp³-hybridized carbons (Fsp3) is 0.625. The van der Waals surface area contributed by atoms with Gasteiger partial charge in [-0.05, 0) is 13.8 Å². The number of fused-ring (bicyclic) bond motifs is 3. The lowest BCUT2D eigenvalue weighted by molar-refractivity contribution is -0.313. The number of rotatable bonds is 2. The molecule has 1 aromatic rings. The number of hydrogen-bond donors (Lipinski definition) is 1. The van der Waals surface area contributed by atoms with Gasteiger partial charge in [-0.15, -0.1) is 0 Å². The number of aliphatic hydroxyl groups is 1. The lowest BCUT2D eigenvalue weighted by atomic mass is 10.0. The highest BCUT2D eigenvalue weighted by molar-refractivity contribution is 5.17. The highest BCUT2D eigenvalue weighted by Gasteiger charge is 2.59. The molecule has 0 amide bonds. The predicted octanol–water partition coefficient (Wildman–Crippen LogP) is 1.34. The van der Waals surface area contributed by atoms with Gasteiger partial charge >= 0.3 is 0 Å². The van der Waals surface area contributed by atoms with Crippen LogP contribution in [0.3, 0.4) is 0 Å². The fourth-order valence-corrected chi connectivity index (χ4v) is 3.28. The number of ether oxygens (including phenoxy) is 5. The van der Waals surface area contributed by atoms with Crippen molar-refractivity contribution >= 4 is 0 Å². The van der Waals surface area contributed by atoms with Gasteiger partial charge in [0.25, 0.3) is 0 Å². The van der Waals surface area contributed by atoms with E-state index in [0.29, 0.717) is 0 Å². The third-order valence-electron chi connectivity index (χ3n) is 4.22. The average molecular weight is 308 g/mol. The van der Waals surface area contributed by atoms with E-state index in [1.807, 2.05) is 44.2 Å². The topological polar surface area (TPSA) is 66.4 Å². The number of benzene rings is 1. The molecule has 0 aromatic heterocycles. The average Bonchev–Trinajstić information content (AvgIpc) is 2.99. The molecule has 120 valence electrons. The Balaban J connectivity index is 1.59. The summed E-state index contributed by atoms with van der Waals surface area (Å²) in [5.74, 6) is -0.696. The van der Waals surface area contributed by atoms with Crippen molar-refractivity contribution in [2.75, 3.05) is 6.61 Å². The van der Waals surface area contributed by atoms with E-state index in [9.17, 15) is 5.11 Å². The number of hydrogen-bond acceptors (Lipinski definition) is 6. The van der Waals surface area contributed by atoms with Crippen molar-refractivity contribution in [3.05, 3.63) is 35.9 Å². The summed E-state index contributed by atoms with van der Waals surface area (Å²) in [6.07, 6.45) is -2.54. The molecule has 0 bridgehead atoms. The first-order valence-electron chi connectivity index (χ1n) is 7.55. The molecule has 1 aromatic carbocycles. The zero-order valence-corrected chi connectivity index (χ0v) is 12.5. The number of aliphatic hydroxyl groups excluding tert-OH is 1. The first-order valence-corrected chi connectivity index (χ1v) is 7.55. The van der Waals surface area contributed by atoms with Crippen LogP contribution in [0, 0.1) is 0 Å². The van der Waals surface area contributed by atoms with Crippen molar-refractivity contribution < 1.29 is 28.8 Å². The van der Waals surface area contributed by atoms with Crippen LogP contribution in [0.1, 0.15) is 25.7 Å². The predicted molar refractivity (Wildman–Crippen MR) is 74.7 cm³/mol. The van der Waals surface area contributed by atoms with E-state index in [2.05, 4.69) is 0 Å². The zero-order chi connectivity index (χ0) is 15.3. The van der Waals surface area contributed by atoms with Crippen molar-refractivity contribution in [2.45, 2.75) is 56.6 Å². The van der Waals surface area contributed by atoms with Gasteiger partial charge in [0.1, 0.15) is 24.4 Å². The van der Waals surface area contributed by atoms with Crippen LogP contribution in [0.5, 0.6) is 0 Å². The van der Waals surface area contributed by atoms with Crippen LogP contribution in [0.2, 0.25) is 0 Å². The first-order chi connectivity index (χ1) is 10.6. The quantitative estimate of drug-likeness (QED) is 0.889. The van der Waals surface area contributed by atoms with Crippen LogP contribution in [-0.2, 0) is 23.7 Å². The van der Waals surface area contributed by atoms with Gasteiger partial charge in [0, 0.05) is 5.56 Å². The standard InChI is InChI=1S/C16H20O6/c1-16(2)21-13-12-11(19-15(13)22-16)10(8-17)18-14(20-12)9-6-4-3-5-7-9/h3-7,10-15,17H,8H2,1-2H3/t10-,11+,12+,13-,14+,15-/m1/s1. The maximum Gasteiger partial charge on any atom is 0.190 e. The van der Waals surface area contributed by atoms with E-state index in [-0.39, 0.29) is 18.8 Å². The van der Waals surface area contributed by atoms with E-state index in [4.69, 9.17) is 23.7 Å². The summed E-state index contributed by atoms with van der Waals surface area (Å²) in [4.78, 5) is 0. The summed E-state index contributed by atoms with van der Waals surface area (Å²) in [7, 11) is 0. The molecule has 3 aliphatic rings. The molecule has 22 heavy (non-hydrogen) atoms. The Morgan fingerprint density at radius 2 is 1.73 bits per heavy atom. The summed E-state index contributed by atoms with van der Waals surface area (Å²) in [5.41, 5.74) is 0.904. The molecule has 6 nitrogen and oxygen atoms in total. The lowest BCUT2D eigenvalue weighted by Gasteiger charge is -2.39. The van der Waals surface area contributed by atoms with Crippen molar-refractivity contribution in [3.63, 3.8) is 0 Å². The van der Waals surface area contributed by atoms with Gasteiger partial charge in [0.05, 0.1) is 6.61 Å². The van der Waals surface area contributed by atoms with Gasteiger partial charge in [-0.1, -0.05) is 30.3 Å². The van der Waals surface area contributed by atoms with Crippen LogP contribution < -0.4 is 0 Å². The second-order valence-electron chi connectivity index (χ2n) is 6.27. The molecule has 3 heterocycles. The van der Waals surface area contributed by atoms with Crippen LogP contribution in [0.15, 0.2) is 30.3 Å². The van der Waals surface area contributed by atoms with Gasteiger partial charge in [-0.3, -0.25) is 0 Å². The van der Waals surface area contributed by atoms with Gasteiger partial charge in [-0.25, -0.2) is 0 Å². The molecule has 3 fully saturated rings.